The Morgan fingerprint density at radius 2 is 1.62 bits per heavy atom. The Hall–Kier alpha value is -0.860. The van der Waals surface area contributed by atoms with Crippen molar-refractivity contribution in [3.8, 4) is 11.1 Å². The predicted octanol–water partition coefficient (Wildman–Crippen LogP) is 5.08. The van der Waals surface area contributed by atoms with E-state index in [1.54, 1.807) is 0 Å². The van der Waals surface area contributed by atoms with Gasteiger partial charge < -0.3 is 0 Å². The molecule has 0 unspecified atom stereocenters. The van der Waals surface area contributed by atoms with Gasteiger partial charge in [0.05, 0.1) is 0 Å². The largest absolute Gasteiger partial charge is 0.0616 e. The van der Waals surface area contributed by atoms with Crippen LogP contribution in [0.25, 0.3) is 11.1 Å². The maximum Gasteiger partial charge on any atom is 0.0297 e. The second-order valence-electron chi connectivity index (χ2n) is 4.05. The van der Waals surface area contributed by atoms with Gasteiger partial charge in [-0.05, 0) is 42.2 Å². The summed E-state index contributed by atoms with van der Waals surface area (Å²) in [7, 11) is 3.76. The molecule has 0 N–H and O–H groups in total. The molecule has 0 atom stereocenters. The van der Waals surface area contributed by atoms with Crippen molar-refractivity contribution in [3.05, 3.63) is 47.5 Å². The lowest BCUT2D eigenvalue weighted by atomic mass is 10.0. The second kappa shape index (κ2) is 3.86. The fraction of sp³-hybridized carbons (Fsp3) is 0.143. The van der Waals surface area contributed by atoms with E-state index < -0.39 is 0 Å². The topological polar surface area (TPSA) is 0 Å². The number of aryl methyl sites for hydroxylation is 1. The van der Waals surface area contributed by atoms with Gasteiger partial charge in [-0.1, -0.05) is 51.9 Å². The highest BCUT2D eigenvalue weighted by Gasteiger charge is 2.18. The summed E-state index contributed by atoms with van der Waals surface area (Å²) < 4.78 is 0. The van der Waals surface area contributed by atoms with Crippen molar-refractivity contribution >= 4 is 21.6 Å². The average molecular weight is 244 g/mol. The molecule has 2 heteroatoms. The van der Waals surface area contributed by atoms with E-state index in [4.69, 9.17) is 0 Å². The molecular weight excluding hydrogens is 232 g/mol. The molecule has 2 aromatic carbocycles. The Labute approximate surface area is 104 Å². The maximum atomic E-state index is 2.25. The molecule has 2 aromatic rings. The molecule has 0 nitrogen and oxygen atoms in total. The van der Waals surface area contributed by atoms with E-state index in [1.165, 1.54) is 32.0 Å². The Balaban J connectivity index is 2.30. The quantitative estimate of drug-likeness (QED) is 0.592. The maximum absolute atomic E-state index is 2.25. The molecule has 0 saturated carbocycles. The van der Waals surface area contributed by atoms with Crippen molar-refractivity contribution in [1.29, 1.82) is 0 Å². The molecule has 80 valence electrons. The van der Waals surface area contributed by atoms with Crippen LogP contribution >= 0.6 is 21.6 Å². The minimum Gasteiger partial charge on any atom is -0.0616 e. The number of fused-ring (bicyclic) bond motifs is 3. The molecule has 0 radical (unpaired) electrons. The molecule has 0 bridgehead atoms. The predicted molar refractivity (Wildman–Crippen MR) is 73.1 cm³/mol. The molecule has 0 fully saturated rings. The third-order valence-electron chi connectivity index (χ3n) is 3.07. The minimum absolute atomic E-state index is 1.38. The minimum atomic E-state index is 1.38. The third-order valence-corrected chi connectivity index (χ3v) is 5.67. The summed E-state index contributed by atoms with van der Waals surface area (Å²) in [5, 5.41) is 0. The van der Waals surface area contributed by atoms with E-state index in [9.17, 15) is 0 Å². The van der Waals surface area contributed by atoms with Crippen LogP contribution in [-0.2, 0) is 0 Å². The molecule has 1 heterocycles. The molecule has 1 aliphatic rings. The first-order valence-corrected chi connectivity index (χ1v) is 7.46. The van der Waals surface area contributed by atoms with E-state index in [2.05, 4.69) is 50.2 Å². The van der Waals surface area contributed by atoms with E-state index in [-0.39, 0.29) is 0 Å². The van der Waals surface area contributed by atoms with Crippen LogP contribution in [0.1, 0.15) is 11.1 Å². The molecule has 1 aliphatic heterocycles. The first kappa shape index (κ1) is 10.3. The lowest BCUT2D eigenvalue weighted by Crippen LogP contribution is -1.93. The monoisotopic (exact) mass is 244 g/mol. The van der Waals surface area contributed by atoms with E-state index in [0.29, 0.717) is 0 Å². The van der Waals surface area contributed by atoms with Crippen LogP contribution < -0.4 is 0 Å². The lowest BCUT2D eigenvalue weighted by Gasteiger charge is -2.20. The van der Waals surface area contributed by atoms with Crippen LogP contribution in [-0.4, -0.2) is 0 Å². The standard InChI is InChI=1S/C14H12S2/c1-9-7-8-12-11-5-3-4-6-13(11)15-16-14(12)10(9)2/h3-8H,1-2H3. The summed E-state index contributed by atoms with van der Waals surface area (Å²) in [6, 6.07) is 13.1. The zero-order chi connectivity index (χ0) is 11.1. The summed E-state index contributed by atoms with van der Waals surface area (Å²) in [5.41, 5.74) is 5.57. The third kappa shape index (κ3) is 1.48. The van der Waals surface area contributed by atoms with Crippen molar-refractivity contribution in [3.63, 3.8) is 0 Å². The smallest absolute Gasteiger partial charge is 0.0297 e. The van der Waals surface area contributed by atoms with Crippen LogP contribution in [0.2, 0.25) is 0 Å². The van der Waals surface area contributed by atoms with Gasteiger partial charge in [-0.3, -0.25) is 0 Å². The van der Waals surface area contributed by atoms with Gasteiger partial charge in [0, 0.05) is 9.79 Å². The SMILES string of the molecule is Cc1ccc2c(c1C)SSc1ccccc1-2. The Morgan fingerprint density at radius 1 is 0.812 bits per heavy atom. The highest BCUT2D eigenvalue weighted by Crippen LogP contribution is 2.52. The van der Waals surface area contributed by atoms with Gasteiger partial charge in [-0.25, -0.2) is 0 Å². The van der Waals surface area contributed by atoms with Crippen LogP contribution in [0, 0.1) is 13.8 Å². The van der Waals surface area contributed by atoms with E-state index >= 15 is 0 Å². The fourth-order valence-electron chi connectivity index (χ4n) is 1.96. The van der Waals surface area contributed by atoms with Crippen molar-refractivity contribution in [2.75, 3.05) is 0 Å². The Bertz CT molecular complexity index is 559. The molecular formula is C14H12S2. The second-order valence-corrected chi connectivity index (χ2v) is 6.23. The van der Waals surface area contributed by atoms with Gasteiger partial charge >= 0.3 is 0 Å². The molecule has 0 spiro atoms. The first-order chi connectivity index (χ1) is 7.77. The zero-order valence-corrected chi connectivity index (χ0v) is 10.9. The normalized spacial score (nSPS) is 13.1. The molecule has 0 amide bonds. The summed E-state index contributed by atoms with van der Waals surface area (Å²) in [6.45, 7) is 4.40. The first-order valence-electron chi connectivity index (χ1n) is 5.31. The Kier molecular flexibility index (Phi) is 2.49. The highest BCUT2D eigenvalue weighted by molar-refractivity contribution is 8.76. The van der Waals surface area contributed by atoms with Crippen LogP contribution in [0.4, 0.5) is 0 Å². The van der Waals surface area contributed by atoms with Gasteiger partial charge in [0.2, 0.25) is 0 Å². The van der Waals surface area contributed by atoms with E-state index in [1.807, 2.05) is 21.6 Å². The lowest BCUT2D eigenvalue weighted by molar-refractivity contribution is 1.22. The van der Waals surface area contributed by atoms with Crippen molar-refractivity contribution in [2.45, 2.75) is 23.6 Å². The van der Waals surface area contributed by atoms with Crippen molar-refractivity contribution in [1.82, 2.24) is 0 Å². The summed E-state index contributed by atoms with van der Waals surface area (Å²) >= 11 is 0. The van der Waals surface area contributed by atoms with Crippen LogP contribution in [0.3, 0.4) is 0 Å². The summed E-state index contributed by atoms with van der Waals surface area (Å²) in [4.78, 5) is 2.81. The highest BCUT2D eigenvalue weighted by atomic mass is 33.1. The van der Waals surface area contributed by atoms with Gasteiger partial charge in [0.1, 0.15) is 0 Å². The molecule has 0 aromatic heterocycles. The number of rotatable bonds is 0. The van der Waals surface area contributed by atoms with Crippen LogP contribution in [0.5, 0.6) is 0 Å². The molecule has 3 rings (SSSR count). The van der Waals surface area contributed by atoms with Gasteiger partial charge in [-0.15, -0.1) is 0 Å². The zero-order valence-electron chi connectivity index (χ0n) is 9.28. The molecule has 0 aliphatic carbocycles. The van der Waals surface area contributed by atoms with E-state index in [0.717, 1.165) is 0 Å². The number of hydrogen-bond acceptors (Lipinski definition) is 2. The number of benzene rings is 2. The molecule has 0 saturated heterocycles. The summed E-state index contributed by atoms with van der Waals surface area (Å²) in [5.74, 6) is 0. The number of hydrogen-bond donors (Lipinski definition) is 0. The molecule has 16 heavy (non-hydrogen) atoms. The van der Waals surface area contributed by atoms with Crippen LogP contribution in [0.15, 0.2) is 46.2 Å². The average Bonchev–Trinajstić information content (AvgIpc) is 2.33. The Morgan fingerprint density at radius 3 is 2.50 bits per heavy atom. The van der Waals surface area contributed by atoms with Crippen molar-refractivity contribution in [2.24, 2.45) is 0 Å². The van der Waals surface area contributed by atoms with Gasteiger partial charge in [-0.2, -0.15) is 0 Å². The summed E-state index contributed by atoms with van der Waals surface area (Å²) in [6.07, 6.45) is 0. The fourth-order valence-corrected chi connectivity index (χ4v) is 4.69. The van der Waals surface area contributed by atoms with Gasteiger partial charge in [0.15, 0.2) is 0 Å². The van der Waals surface area contributed by atoms with Crippen molar-refractivity contribution < 1.29 is 0 Å². The van der Waals surface area contributed by atoms with Gasteiger partial charge in [0.25, 0.3) is 0 Å².